The minimum atomic E-state index is 0.0957. The molecule has 1 heterocycles. The van der Waals surface area contributed by atoms with Crippen molar-refractivity contribution in [2.45, 2.75) is 32.9 Å². The van der Waals surface area contributed by atoms with Crippen LogP contribution in [0, 0.1) is 3.57 Å². The van der Waals surface area contributed by atoms with Gasteiger partial charge in [-0.25, -0.2) is 0 Å². The predicted molar refractivity (Wildman–Crippen MR) is 103 cm³/mol. The van der Waals surface area contributed by atoms with E-state index >= 15 is 0 Å². The van der Waals surface area contributed by atoms with E-state index < -0.39 is 0 Å². The number of hydrogen-bond acceptors (Lipinski definition) is 2. The van der Waals surface area contributed by atoms with Crippen LogP contribution in [0.3, 0.4) is 0 Å². The highest BCUT2D eigenvalue weighted by Gasteiger charge is 2.24. The Morgan fingerprint density at radius 3 is 2.62 bits per heavy atom. The van der Waals surface area contributed by atoms with Crippen molar-refractivity contribution in [1.29, 1.82) is 0 Å². The third-order valence-electron chi connectivity index (χ3n) is 3.23. The second kappa shape index (κ2) is 7.57. The lowest BCUT2D eigenvalue weighted by atomic mass is 10.0. The molecule has 1 aromatic carbocycles. The van der Waals surface area contributed by atoms with Gasteiger partial charge in [0.15, 0.2) is 0 Å². The Morgan fingerprint density at radius 2 is 2.00 bits per heavy atom. The second-order valence-corrected chi connectivity index (χ2v) is 8.03. The van der Waals surface area contributed by atoms with Crippen LogP contribution in [-0.2, 0) is 0 Å². The van der Waals surface area contributed by atoms with E-state index in [0.29, 0.717) is 6.04 Å². The van der Waals surface area contributed by atoms with Gasteiger partial charge in [0.1, 0.15) is 0 Å². The number of aromatic nitrogens is 2. The first kappa shape index (κ1) is 17.4. The Labute approximate surface area is 156 Å². The van der Waals surface area contributed by atoms with Crippen LogP contribution in [0.4, 0.5) is 0 Å². The summed E-state index contributed by atoms with van der Waals surface area (Å²) < 4.78 is 5.44. The maximum atomic E-state index is 4.51. The van der Waals surface area contributed by atoms with Crippen LogP contribution in [-0.4, -0.2) is 16.3 Å². The van der Waals surface area contributed by atoms with Gasteiger partial charge in [0, 0.05) is 14.1 Å². The van der Waals surface area contributed by atoms with E-state index in [1.807, 2.05) is 6.20 Å². The fourth-order valence-corrected chi connectivity index (χ4v) is 3.82. The molecule has 0 aliphatic heterocycles. The van der Waals surface area contributed by atoms with Gasteiger partial charge in [-0.1, -0.05) is 22.9 Å². The zero-order valence-electron chi connectivity index (χ0n) is 12.2. The molecule has 21 heavy (non-hydrogen) atoms. The Hall–Kier alpha value is 0.0800. The number of nitrogens with zero attached hydrogens (tertiary/aromatic N) is 2. The van der Waals surface area contributed by atoms with Gasteiger partial charge in [0.25, 0.3) is 0 Å². The predicted octanol–water partition coefficient (Wildman–Crippen LogP) is 5.29. The molecular weight excluding hydrogens is 509 g/mol. The monoisotopic (exact) mass is 525 g/mol. The molecule has 0 radical (unpaired) electrons. The molecule has 1 aromatic heterocycles. The summed E-state index contributed by atoms with van der Waals surface area (Å²) in [6.07, 6.45) is 1.88. The number of benzene rings is 1. The third-order valence-corrected chi connectivity index (χ3v) is 5.23. The van der Waals surface area contributed by atoms with Crippen LogP contribution >= 0.6 is 54.5 Å². The number of hydrogen-bond donors (Lipinski definition) is 1. The Bertz CT molecular complexity index is 625. The van der Waals surface area contributed by atoms with Gasteiger partial charge in [0.05, 0.1) is 22.4 Å². The average molecular weight is 527 g/mol. The van der Waals surface area contributed by atoms with Crippen molar-refractivity contribution in [3.8, 4) is 0 Å². The smallest absolute Gasteiger partial charge is 0.0771 e. The molecule has 1 N–H and O–H groups in total. The fourth-order valence-electron chi connectivity index (χ4n) is 2.33. The maximum Gasteiger partial charge on any atom is 0.0771 e. The molecule has 0 fully saturated rings. The third kappa shape index (κ3) is 3.89. The van der Waals surface area contributed by atoms with E-state index in [9.17, 15) is 0 Å². The Balaban J connectivity index is 2.59. The molecule has 0 saturated carbocycles. The van der Waals surface area contributed by atoms with Crippen LogP contribution < -0.4 is 5.32 Å². The standard InChI is InChI=1S/C15H18Br2IN3/c1-4-19-14(11-7-10(18)5-6-12(11)16)15-13(17)8-20-21(15)9(2)3/h5-9,14,19H,4H2,1-3H3. The van der Waals surface area contributed by atoms with E-state index in [0.717, 1.165) is 21.2 Å². The first-order valence-electron chi connectivity index (χ1n) is 6.87. The van der Waals surface area contributed by atoms with Crippen LogP contribution in [0.2, 0.25) is 0 Å². The van der Waals surface area contributed by atoms with E-state index in [4.69, 9.17) is 0 Å². The molecule has 0 aliphatic rings. The first-order chi connectivity index (χ1) is 9.95. The number of halogens is 3. The highest BCUT2D eigenvalue weighted by Crippen LogP contribution is 2.34. The van der Waals surface area contributed by atoms with Gasteiger partial charge in [-0.15, -0.1) is 0 Å². The Morgan fingerprint density at radius 1 is 1.29 bits per heavy atom. The summed E-state index contributed by atoms with van der Waals surface area (Å²) in [6, 6.07) is 6.83. The van der Waals surface area contributed by atoms with Crippen molar-refractivity contribution >= 4 is 54.5 Å². The zero-order chi connectivity index (χ0) is 15.6. The van der Waals surface area contributed by atoms with Crippen molar-refractivity contribution in [2.75, 3.05) is 6.54 Å². The first-order valence-corrected chi connectivity index (χ1v) is 9.53. The molecule has 0 saturated heterocycles. The molecule has 0 amide bonds. The summed E-state index contributed by atoms with van der Waals surface area (Å²) in [6.45, 7) is 7.31. The van der Waals surface area contributed by atoms with Crippen molar-refractivity contribution in [2.24, 2.45) is 0 Å². The molecule has 3 nitrogen and oxygen atoms in total. The van der Waals surface area contributed by atoms with E-state index in [2.05, 4.69) is 109 Å². The van der Waals surface area contributed by atoms with E-state index in [1.54, 1.807) is 0 Å². The van der Waals surface area contributed by atoms with Crippen LogP contribution in [0.15, 0.2) is 33.3 Å². The zero-order valence-corrected chi connectivity index (χ0v) is 17.5. The molecular formula is C15H18Br2IN3. The van der Waals surface area contributed by atoms with Crippen LogP contribution in [0.25, 0.3) is 0 Å². The van der Waals surface area contributed by atoms with Crippen molar-refractivity contribution in [3.63, 3.8) is 0 Å². The average Bonchev–Trinajstić information content (AvgIpc) is 2.81. The summed E-state index contributed by atoms with van der Waals surface area (Å²) in [7, 11) is 0. The summed E-state index contributed by atoms with van der Waals surface area (Å²) in [5, 5.41) is 8.09. The quantitative estimate of drug-likeness (QED) is 0.536. The van der Waals surface area contributed by atoms with Gasteiger partial charge in [-0.2, -0.15) is 5.10 Å². The molecule has 2 rings (SSSR count). The molecule has 114 valence electrons. The van der Waals surface area contributed by atoms with Crippen molar-refractivity contribution in [3.05, 3.63) is 48.2 Å². The lowest BCUT2D eigenvalue weighted by Crippen LogP contribution is -2.26. The van der Waals surface area contributed by atoms with E-state index in [1.165, 1.54) is 9.13 Å². The van der Waals surface area contributed by atoms with Gasteiger partial charge < -0.3 is 5.32 Å². The molecule has 0 spiro atoms. The summed E-state index contributed by atoms with van der Waals surface area (Å²) in [5.74, 6) is 0. The molecule has 0 bridgehead atoms. The SMILES string of the molecule is CCNC(c1cc(I)ccc1Br)c1c(Br)cnn1C(C)C. The second-order valence-electron chi connectivity index (χ2n) is 5.07. The highest BCUT2D eigenvalue weighted by atomic mass is 127. The van der Waals surface area contributed by atoms with Crippen molar-refractivity contribution in [1.82, 2.24) is 15.1 Å². The van der Waals surface area contributed by atoms with Gasteiger partial charge in [-0.05, 0) is 82.7 Å². The highest BCUT2D eigenvalue weighted by molar-refractivity contribution is 14.1. The topological polar surface area (TPSA) is 29.9 Å². The normalized spacial score (nSPS) is 12.9. The van der Waals surface area contributed by atoms with E-state index in [-0.39, 0.29) is 6.04 Å². The number of rotatable bonds is 5. The lowest BCUT2D eigenvalue weighted by molar-refractivity contribution is 0.474. The molecule has 2 aromatic rings. The molecule has 1 atom stereocenters. The molecule has 6 heteroatoms. The summed E-state index contributed by atoms with van der Waals surface area (Å²) in [5.41, 5.74) is 2.39. The van der Waals surface area contributed by atoms with Gasteiger partial charge in [-0.3, -0.25) is 4.68 Å². The summed E-state index contributed by atoms with van der Waals surface area (Å²) in [4.78, 5) is 0. The molecule has 0 aliphatic carbocycles. The largest absolute Gasteiger partial charge is 0.305 e. The minimum Gasteiger partial charge on any atom is -0.305 e. The van der Waals surface area contributed by atoms with Gasteiger partial charge >= 0.3 is 0 Å². The molecule has 1 unspecified atom stereocenters. The lowest BCUT2D eigenvalue weighted by Gasteiger charge is -2.23. The van der Waals surface area contributed by atoms with Crippen molar-refractivity contribution < 1.29 is 0 Å². The van der Waals surface area contributed by atoms with Crippen LogP contribution in [0.1, 0.15) is 44.1 Å². The minimum absolute atomic E-state index is 0.0957. The fraction of sp³-hybridized carbons (Fsp3) is 0.400. The Kier molecular flexibility index (Phi) is 6.28. The maximum absolute atomic E-state index is 4.51. The summed E-state index contributed by atoms with van der Waals surface area (Å²) >= 11 is 9.69. The van der Waals surface area contributed by atoms with Gasteiger partial charge in [0.2, 0.25) is 0 Å². The van der Waals surface area contributed by atoms with Crippen LogP contribution in [0.5, 0.6) is 0 Å². The number of nitrogens with one attached hydrogen (secondary N) is 1.